The van der Waals surface area contributed by atoms with Crippen LogP contribution in [-0.4, -0.2) is 24.0 Å². The Labute approximate surface area is 97.9 Å². The molecule has 1 aliphatic heterocycles. The third-order valence-electron chi connectivity index (χ3n) is 2.69. The quantitative estimate of drug-likeness (QED) is 0.482. The standard InChI is InChI=1S/C10H12N6O/c11-9-2-1-8(5-13-9)16-6-7(3-10(16)17)4-14-15-12/h1-2,5,7H,3-4,6H2,(H2,11,13). The molecule has 1 atom stereocenters. The summed E-state index contributed by atoms with van der Waals surface area (Å²) in [6, 6.07) is 3.42. The molecule has 2 heterocycles. The summed E-state index contributed by atoms with van der Waals surface area (Å²) >= 11 is 0. The van der Waals surface area contributed by atoms with Gasteiger partial charge < -0.3 is 10.6 Å². The molecule has 1 amide bonds. The summed E-state index contributed by atoms with van der Waals surface area (Å²) < 4.78 is 0. The van der Waals surface area contributed by atoms with E-state index >= 15 is 0 Å². The van der Waals surface area contributed by atoms with E-state index in [1.807, 2.05) is 0 Å². The lowest BCUT2D eigenvalue weighted by Crippen LogP contribution is -2.24. The van der Waals surface area contributed by atoms with Crippen LogP contribution in [-0.2, 0) is 4.79 Å². The van der Waals surface area contributed by atoms with Crippen molar-refractivity contribution in [1.29, 1.82) is 0 Å². The van der Waals surface area contributed by atoms with Crippen molar-refractivity contribution in [3.63, 3.8) is 0 Å². The van der Waals surface area contributed by atoms with Gasteiger partial charge in [-0.3, -0.25) is 4.79 Å². The number of amides is 1. The molecule has 0 radical (unpaired) electrons. The fraction of sp³-hybridized carbons (Fsp3) is 0.400. The Morgan fingerprint density at radius 3 is 3.12 bits per heavy atom. The highest BCUT2D eigenvalue weighted by Gasteiger charge is 2.30. The molecule has 0 bridgehead atoms. The number of carbonyl (C=O) groups excluding carboxylic acids is 1. The van der Waals surface area contributed by atoms with Crippen LogP contribution in [0.5, 0.6) is 0 Å². The van der Waals surface area contributed by atoms with Crippen LogP contribution in [0, 0.1) is 5.92 Å². The third kappa shape index (κ3) is 2.46. The molecule has 1 unspecified atom stereocenters. The smallest absolute Gasteiger partial charge is 0.227 e. The van der Waals surface area contributed by atoms with Crippen LogP contribution < -0.4 is 10.6 Å². The molecule has 0 spiro atoms. The fourth-order valence-corrected chi connectivity index (χ4v) is 1.86. The van der Waals surface area contributed by atoms with E-state index in [4.69, 9.17) is 11.3 Å². The van der Waals surface area contributed by atoms with Crippen LogP contribution in [0.1, 0.15) is 6.42 Å². The van der Waals surface area contributed by atoms with Crippen LogP contribution in [0.3, 0.4) is 0 Å². The zero-order valence-electron chi connectivity index (χ0n) is 9.15. The lowest BCUT2D eigenvalue weighted by atomic mass is 10.1. The van der Waals surface area contributed by atoms with E-state index in [0.29, 0.717) is 25.3 Å². The van der Waals surface area contributed by atoms with Crippen LogP contribution in [0.4, 0.5) is 11.5 Å². The molecule has 1 saturated heterocycles. The third-order valence-corrected chi connectivity index (χ3v) is 2.69. The first-order chi connectivity index (χ1) is 8.20. The molecule has 0 aromatic carbocycles. The van der Waals surface area contributed by atoms with Gasteiger partial charge in [0.15, 0.2) is 0 Å². The molecule has 1 aromatic heterocycles. The summed E-state index contributed by atoms with van der Waals surface area (Å²) in [6.45, 7) is 0.907. The lowest BCUT2D eigenvalue weighted by Gasteiger charge is -2.15. The monoisotopic (exact) mass is 232 g/mol. The SMILES string of the molecule is [N-]=[N+]=NCC1CC(=O)N(c2ccc(N)nc2)C1. The van der Waals surface area contributed by atoms with Crippen molar-refractivity contribution in [2.45, 2.75) is 6.42 Å². The number of rotatable bonds is 3. The Balaban J connectivity index is 2.10. The second-order valence-corrected chi connectivity index (χ2v) is 3.93. The van der Waals surface area contributed by atoms with Gasteiger partial charge in [-0.2, -0.15) is 0 Å². The van der Waals surface area contributed by atoms with Crippen molar-refractivity contribution in [3.05, 3.63) is 28.8 Å². The fourth-order valence-electron chi connectivity index (χ4n) is 1.86. The minimum absolute atomic E-state index is 0.0229. The van der Waals surface area contributed by atoms with E-state index in [1.165, 1.54) is 0 Å². The minimum Gasteiger partial charge on any atom is -0.384 e. The number of hydrogen-bond donors (Lipinski definition) is 1. The second-order valence-electron chi connectivity index (χ2n) is 3.93. The summed E-state index contributed by atoms with van der Waals surface area (Å²) in [5.74, 6) is 0.525. The van der Waals surface area contributed by atoms with Crippen molar-refractivity contribution in [2.24, 2.45) is 11.0 Å². The van der Waals surface area contributed by atoms with Gasteiger partial charge in [-0.15, -0.1) is 0 Å². The van der Waals surface area contributed by atoms with Crippen LogP contribution in [0.15, 0.2) is 23.4 Å². The number of pyridine rings is 1. The van der Waals surface area contributed by atoms with Gasteiger partial charge in [-0.25, -0.2) is 4.98 Å². The molecule has 1 aliphatic rings. The maximum absolute atomic E-state index is 11.8. The first-order valence-electron chi connectivity index (χ1n) is 5.23. The van der Waals surface area contributed by atoms with Crippen molar-refractivity contribution < 1.29 is 4.79 Å². The second kappa shape index (κ2) is 4.71. The molecule has 7 nitrogen and oxygen atoms in total. The molecule has 0 saturated carbocycles. The van der Waals surface area contributed by atoms with Gasteiger partial charge in [0.25, 0.3) is 0 Å². The van der Waals surface area contributed by atoms with Crippen LogP contribution >= 0.6 is 0 Å². The minimum atomic E-state index is 0.0229. The molecule has 1 fully saturated rings. The maximum Gasteiger partial charge on any atom is 0.227 e. The highest BCUT2D eigenvalue weighted by molar-refractivity contribution is 5.95. The highest BCUT2D eigenvalue weighted by Crippen LogP contribution is 2.24. The van der Waals surface area contributed by atoms with Gasteiger partial charge in [-0.1, -0.05) is 5.11 Å². The van der Waals surface area contributed by atoms with Gasteiger partial charge in [-0.05, 0) is 23.6 Å². The Hall–Kier alpha value is -2.27. The number of nitrogen functional groups attached to an aromatic ring is 1. The number of nitrogens with two attached hydrogens (primary N) is 1. The number of azide groups is 1. The average molecular weight is 232 g/mol. The van der Waals surface area contributed by atoms with Crippen LogP contribution in [0.2, 0.25) is 0 Å². The molecular formula is C10H12N6O. The van der Waals surface area contributed by atoms with E-state index in [0.717, 1.165) is 5.69 Å². The largest absolute Gasteiger partial charge is 0.384 e. The predicted octanol–water partition coefficient (Wildman–Crippen LogP) is 1.33. The van der Waals surface area contributed by atoms with Gasteiger partial charge >= 0.3 is 0 Å². The van der Waals surface area contributed by atoms with E-state index in [-0.39, 0.29) is 11.8 Å². The summed E-state index contributed by atoms with van der Waals surface area (Å²) in [7, 11) is 0. The van der Waals surface area contributed by atoms with Crippen molar-refractivity contribution >= 4 is 17.4 Å². The molecule has 2 rings (SSSR count). The number of nitrogens with zero attached hydrogens (tertiary/aromatic N) is 5. The van der Waals surface area contributed by atoms with E-state index in [1.54, 1.807) is 23.2 Å². The first-order valence-corrected chi connectivity index (χ1v) is 5.23. The highest BCUT2D eigenvalue weighted by atomic mass is 16.2. The molecule has 88 valence electrons. The molecule has 0 aliphatic carbocycles. The number of hydrogen-bond acceptors (Lipinski definition) is 4. The van der Waals surface area contributed by atoms with E-state index in [9.17, 15) is 4.79 Å². The molecular weight excluding hydrogens is 220 g/mol. The Bertz CT molecular complexity index is 464. The van der Waals surface area contributed by atoms with Crippen LogP contribution in [0.25, 0.3) is 10.4 Å². The van der Waals surface area contributed by atoms with Gasteiger partial charge in [0.05, 0.1) is 11.9 Å². The zero-order chi connectivity index (χ0) is 12.3. The van der Waals surface area contributed by atoms with E-state index in [2.05, 4.69) is 15.0 Å². The van der Waals surface area contributed by atoms with E-state index < -0.39 is 0 Å². The summed E-state index contributed by atoms with van der Waals surface area (Å²) in [6.07, 6.45) is 1.98. The summed E-state index contributed by atoms with van der Waals surface area (Å²) in [5.41, 5.74) is 14.5. The Morgan fingerprint density at radius 1 is 1.65 bits per heavy atom. The Morgan fingerprint density at radius 2 is 2.47 bits per heavy atom. The number of aromatic nitrogens is 1. The predicted molar refractivity (Wildman–Crippen MR) is 63.1 cm³/mol. The van der Waals surface area contributed by atoms with Gasteiger partial charge in [0.2, 0.25) is 5.91 Å². The van der Waals surface area contributed by atoms with Crippen molar-refractivity contribution in [3.8, 4) is 0 Å². The zero-order valence-corrected chi connectivity index (χ0v) is 9.15. The van der Waals surface area contributed by atoms with Crippen molar-refractivity contribution in [1.82, 2.24) is 4.98 Å². The average Bonchev–Trinajstić information content (AvgIpc) is 2.69. The van der Waals surface area contributed by atoms with Gasteiger partial charge in [0.1, 0.15) is 5.82 Å². The lowest BCUT2D eigenvalue weighted by molar-refractivity contribution is -0.117. The maximum atomic E-state index is 11.8. The Kier molecular flexibility index (Phi) is 3.11. The molecule has 2 N–H and O–H groups in total. The molecule has 7 heteroatoms. The number of carbonyl (C=O) groups is 1. The topological polar surface area (TPSA) is 108 Å². The van der Waals surface area contributed by atoms with Gasteiger partial charge in [0, 0.05) is 24.4 Å². The first kappa shape index (κ1) is 11.2. The van der Waals surface area contributed by atoms with Crippen molar-refractivity contribution in [2.75, 3.05) is 23.7 Å². The number of anilines is 2. The summed E-state index contributed by atoms with van der Waals surface area (Å²) in [5, 5.41) is 3.50. The molecule has 17 heavy (non-hydrogen) atoms. The normalized spacial score (nSPS) is 19.2. The molecule has 1 aromatic rings. The summed E-state index contributed by atoms with van der Waals surface area (Å²) in [4.78, 5) is 20.1.